The van der Waals surface area contributed by atoms with Gasteiger partial charge in [-0.15, -0.1) is 0 Å². The van der Waals surface area contributed by atoms with E-state index in [0.29, 0.717) is 17.7 Å². The van der Waals surface area contributed by atoms with Gasteiger partial charge in [0.15, 0.2) is 0 Å². The van der Waals surface area contributed by atoms with Crippen LogP contribution in [0.15, 0.2) is 67.0 Å². The molecule has 1 aromatic carbocycles. The lowest BCUT2D eigenvalue weighted by molar-refractivity contribution is -0.136. The Morgan fingerprint density at radius 2 is 1.83 bits per heavy atom. The van der Waals surface area contributed by atoms with Crippen LogP contribution in [-0.4, -0.2) is 21.8 Å². The smallest absolute Gasteiger partial charge is 0.314 e. The van der Waals surface area contributed by atoms with E-state index in [4.69, 9.17) is 5.26 Å². The first-order valence-electron chi connectivity index (χ1n) is 8.99. The van der Waals surface area contributed by atoms with Crippen LogP contribution in [0.2, 0.25) is 0 Å². The average Bonchev–Trinajstić information content (AvgIpc) is 2.75. The van der Waals surface area contributed by atoms with Gasteiger partial charge in [-0.2, -0.15) is 5.26 Å². The van der Waals surface area contributed by atoms with Crippen molar-refractivity contribution in [2.75, 3.05) is 5.32 Å². The molecule has 3 aromatic rings. The van der Waals surface area contributed by atoms with Crippen LogP contribution in [-0.2, 0) is 16.0 Å². The number of aryl methyl sites for hydroxylation is 1. The third kappa shape index (κ3) is 5.47. The summed E-state index contributed by atoms with van der Waals surface area (Å²) in [6.07, 6.45) is 3.51. The highest BCUT2D eigenvalue weighted by molar-refractivity contribution is 6.39. The SMILES string of the molecule is Cc1ccc(C[C@H](NC(=O)C(=O)Nc2cc(C#N)ccn2)c2ccccn2)cc1. The van der Waals surface area contributed by atoms with E-state index in [0.717, 1.165) is 11.1 Å². The third-order valence-corrected chi connectivity index (χ3v) is 4.25. The molecule has 0 fully saturated rings. The van der Waals surface area contributed by atoms with Crippen molar-refractivity contribution in [3.05, 3.63) is 89.4 Å². The number of anilines is 1. The van der Waals surface area contributed by atoms with Gasteiger partial charge in [-0.1, -0.05) is 35.9 Å². The van der Waals surface area contributed by atoms with E-state index in [9.17, 15) is 9.59 Å². The molecule has 0 bridgehead atoms. The molecule has 2 N–H and O–H groups in total. The zero-order valence-electron chi connectivity index (χ0n) is 15.8. The van der Waals surface area contributed by atoms with Crippen LogP contribution >= 0.6 is 0 Å². The molecule has 0 unspecified atom stereocenters. The fourth-order valence-electron chi connectivity index (χ4n) is 2.74. The Hall–Kier alpha value is -4.05. The number of benzene rings is 1. The molecule has 1 atom stereocenters. The predicted molar refractivity (Wildman–Crippen MR) is 108 cm³/mol. The summed E-state index contributed by atoms with van der Waals surface area (Å²) >= 11 is 0. The standard InChI is InChI=1S/C22H19N5O2/c1-15-5-7-16(8-6-15)12-19(18-4-2-3-10-24-18)26-21(28)22(29)27-20-13-17(14-23)9-11-25-20/h2-11,13,19H,12H2,1H3,(H,26,28)(H,25,27,29)/t19-/m0/s1. The molecule has 0 radical (unpaired) electrons. The van der Waals surface area contributed by atoms with Crippen LogP contribution in [0.3, 0.4) is 0 Å². The summed E-state index contributed by atoms with van der Waals surface area (Å²) in [7, 11) is 0. The fourth-order valence-corrected chi connectivity index (χ4v) is 2.74. The number of rotatable bonds is 5. The molecule has 3 rings (SSSR count). The van der Waals surface area contributed by atoms with E-state index in [1.165, 1.54) is 18.3 Å². The zero-order valence-corrected chi connectivity index (χ0v) is 15.8. The van der Waals surface area contributed by atoms with Gasteiger partial charge in [0.1, 0.15) is 5.82 Å². The Labute approximate surface area is 168 Å². The number of aromatic nitrogens is 2. The Morgan fingerprint density at radius 3 is 2.52 bits per heavy atom. The normalized spacial score (nSPS) is 11.2. The second-order valence-electron chi connectivity index (χ2n) is 6.47. The quantitative estimate of drug-likeness (QED) is 0.657. The van der Waals surface area contributed by atoms with Crippen molar-refractivity contribution in [3.8, 4) is 6.07 Å². The second kappa shape index (κ2) is 9.24. The number of carbonyl (C=O) groups is 2. The molecular formula is C22H19N5O2. The lowest BCUT2D eigenvalue weighted by Crippen LogP contribution is -2.39. The van der Waals surface area contributed by atoms with Crippen molar-refractivity contribution in [1.82, 2.24) is 15.3 Å². The van der Waals surface area contributed by atoms with Crippen molar-refractivity contribution >= 4 is 17.6 Å². The number of nitriles is 1. The van der Waals surface area contributed by atoms with Gasteiger partial charge in [0.25, 0.3) is 0 Å². The van der Waals surface area contributed by atoms with E-state index in [2.05, 4.69) is 20.6 Å². The van der Waals surface area contributed by atoms with Crippen LogP contribution in [0, 0.1) is 18.3 Å². The van der Waals surface area contributed by atoms with Gasteiger partial charge in [-0.3, -0.25) is 14.6 Å². The zero-order chi connectivity index (χ0) is 20.6. The van der Waals surface area contributed by atoms with Gasteiger partial charge < -0.3 is 10.6 Å². The summed E-state index contributed by atoms with van der Waals surface area (Å²) < 4.78 is 0. The molecule has 2 aromatic heterocycles. The van der Waals surface area contributed by atoms with Crippen molar-refractivity contribution in [1.29, 1.82) is 5.26 Å². The van der Waals surface area contributed by atoms with Gasteiger partial charge in [-0.05, 0) is 43.2 Å². The molecule has 144 valence electrons. The fraction of sp³-hybridized carbons (Fsp3) is 0.136. The summed E-state index contributed by atoms with van der Waals surface area (Å²) in [5.41, 5.74) is 3.13. The lowest BCUT2D eigenvalue weighted by Gasteiger charge is -2.18. The van der Waals surface area contributed by atoms with Crippen LogP contribution in [0.5, 0.6) is 0 Å². The van der Waals surface area contributed by atoms with Gasteiger partial charge in [0, 0.05) is 12.4 Å². The second-order valence-corrected chi connectivity index (χ2v) is 6.47. The van der Waals surface area contributed by atoms with Crippen LogP contribution in [0.25, 0.3) is 0 Å². The lowest BCUT2D eigenvalue weighted by atomic mass is 10.0. The number of carbonyl (C=O) groups excluding carboxylic acids is 2. The molecule has 0 saturated heterocycles. The molecule has 0 aliphatic rings. The van der Waals surface area contributed by atoms with E-state index in [1.54, 1.807) is 18.3 Å². The maximum absolute atomic E-state index is 12.5. The molecule has 29 heavy (non-hydrogen) atoms. The minimum atomic E-state index is -0.863. The summed E-state index contributed by atoms with van der Waals surface area (Å²) in [6, 6.07) is 17.7. The number of nitrogens with zero attached hydrogens (tertiary/aromatic N) is 3. The Bertz CT molecular complexity index is 1040. The monoisotopic (exact) mass is 385 g/mol. The van der Waals surface area contributed by atoms with E-state index in [-0.39, 0.29) is 5.82 Å². The molecule has 0 saturated carbocycles. The number of nitrogens with one attached hydrogen (secondary N) is 2. The average molecular weight is 385 g/mol. The largest absolute Gasteiger partial charge is 0.339 e. The maximum atomic E-state index is 12.5. The summed E-state index contributed by atoms with van der Waals surface area (Å²) in [4.78, 5) is 33.1. The predicted octanol–water partition coefficient (Wildman–Crippen LogP) is 2.70. The van der Waals surface area contributed by atoms with Crippen LogP contribution < -0.4 is 10.6 Å². The number of hydrogen-bond acceptors (Lipinski definition) is 5. The maximum Gasteiger partial charge on any atom is 0.314 e. The van der Waals surface area contributed by atoms with E-state index < -0.39 is 17.9 Å². The van der Waals surface area contributed by atoms with Gasteiger partial charge in [-0.25, -0.2) is 4.98 Å². The highest BCUT2D eigenvalue weighted by atomic mass is 16.2. The minimum Gasteiger partial charge on any atom is -0.339 e. The Balaban J connectivity index is 1.74. The summed E-state index contributed by atoms with van der Waals surface area (Å²) in [6.45, 7) is 2.00. The highest BCUT2D eigenvalue weighted by Gasteiger charge is 2.21. The Morgan fingerprint density at radius 1 is 1.03 bits per heavy atom. The molecular weight excluding hydrogens is 366 g/mol. The highest BCUT2D eigenvalue weighted by Crippen LogP contribution is 2.17. The molecule has 7 heteroatoms. The molecule has 0 spiro atoms. The number of amides is 2. The first-order valence-corrected chi connectivity index (χ1v) is 8.99. The van der Waals surface area contributed by atoms with Crippen molar-refractivity contribution in [2.24, 2.45) is 0 Å². The first kappa shape index (κ1) is 19.7. The Kier molecular flexibility index (Phi) is 6.28. The molecule has 7 nitrogen and oxygen atoms in total. The first-order chi connectivity index (χ1) is 14.0. The molecule has 2 amide bonds. The number of pyridine rings is 2. The van der Waals surface area contributed by atoms with Gasteiger partial charge in [0.05, 0.1) is 23.4 Å². The molecule has 2 heterocycles. The van der Waals surface area contributed by atoms with Crippen LogP contribution in [0.1, 0.15) is 28.4 Å². The van der Waals surface area contributed by atoms with Crippen molar-refractivity contribution in [3.63, 3.8) is 0 Å². The third-order valence-electron chi connectivity index (χ3n) is 4.25. The summed E-state index contributed by atoms with van der Waals surface area (Å²) in [5.74, 6) is -1.54. The van der Waals surface area contributed by atoms with Gasteiger partial charge >= 0.3 is 11.8 Å². The molecule has 0 aliphatic carbocycles. The minimum absolute atomic E-state index is 0.136. The number of hydrogen-bond donors (Lipinski definition) is 2. The van der Waals surface area contributed by atoms with E-state index in [1.807, 2.05) is 43.3 Å². The summed E-state index contributed by atoms with van der Waals surface area (Å²) in [5, 5.41) is 14.1. The van der Waals surface area contributed by atoms with Crippen molar-refractivity contribution in [2.45, 2.75) is 19.4 Å². The van der Waals surface area contributed by atoms with Crippen LogP contribution in [0.4, 0.5) is 5.82 Å². The molecule has 0 aliphatic heterocycles. The topological polar surface area (TPSA) is 108 Å². The van der Waals surface area contributed by atoms with Crippen molar-refractivity contribution < 1.29 is 9.59 Å². The van der Waals surface area contributed by atoms with Gasteiger partial charge in [0.2, 0.25) is 0 Å². The van der Waals surface area contributed by atoms with E-state index >= 15 is 0 Å².